The van der Waals surface area contributed by atoms with Crippen molar-refractivity contribution in [1.82, 2.24) is 5.32 Å². The van der Waals surface area contributed by atoms with E-state index in [-0.39, 0.29) is 0 Å². The highest BCUT2D eigenvalue weighted by molar-refractivity contribution is 6.34. The number of primary amides is 1. The van der Waals surface area contributed by atoms with E-state index in [2.05, 4.69) is 17.1 Å². The van der Waals surface area contributed by atoms with Gasteiger partial charge in [0.05, 0.1) is 10.6 Å². The highest BCUT2D eigenvalue weighted by Crippen LogP contribution is 2.25. The van der Waals surface area contributed by atoms with E-state index in [0.717, 1.165) is 38.3 Å². The summed E-state index contributed by atoms with van der Waals surface area (Å²) in [6.07, 6.45) is 3.58. The standard InChI is InChI=1S/C16H24ClN3O/c1-2-8-20(11-12-4-3-7-19-10-12)13-5-6-14(16(18)21)15(17)9-13/h5-6,9,12,19H,2-4,7-8,10-11H2,1H3,(H2,18,21). The molecule has 1 saturated heterocycles. The van der Waals surface area contributed by atoms with Gasteiger partial charge >= 0.3 is 0 Å². The maximum Gasteiger partial charge on any atom is 0.250 e. The molecule has 1 aliphatic heterocycles. The smallest absolute Gasteiger partial charge is 0.250 e. The highest BCUT2D eigenvalue weighted by Gasteiger charge is 2.18. The summed E-state index contributed by atoms with van der Waals surface area (Å²) in [6, 6.07) is 5.52. The number of carbonyl (C=O) groups is 1. The van der Waals surface area contributed by atoms with Crippen LogP contribution in [0, 0.1) is 5.92 Å². The highest BCUT2D eigenvalue weighted by atomic mass is 35.5. The number of carbonyl (C=O) groups excluding carboxylic acids is 1. The number of rotatable bonds is 6. The Bertz CT molecular complexity index is 486. The van der Waals surface area contributed by atoms with E-state index in [0.29, 0.717) is 16.5 Å². The van der Waals surface area contributed by atoms with Gasteiger partial charge in [0.25, 0.3) is 0 Å². The summed E-state index contributed by atoms with van der Waals surface area (Å²) in [5.74, 6) is 0.185. The molecule has 1 fully saturated rings. The minimum Gasteiger partial charge on any atom is -0.371 e. The van der Waals surface area contributed by atoms with Crippen LogP contribution in [-0.2, 0) is 0 Å². The van der Waals surface area contributed by atoms with Crippen molar-refractivity contribution in [2.45, 2.75) is 26.2 Å². The molecular formula is C16H24ClN3O. The second-order valence-corrected chi connectivity index (χ2v) is 6.09. The van der Waals surface area contributed by atoms with Gasteiger partial charge in [-0.1, -0.05) is 18.5 Å². The Hall–Kier alpha value is -1.26. The van der Waals surface area contributed by atoms with Crippen molar-refractivity contribution < 1.29 is 4.79 Å². The molecule has 0 saturated carbocycles. The zero-order valence-electron chi connectivity index (χ0n) is 12.6. The first kappa shape index (κ1) is 16.1. The number of hydrogen-bond donors (Lipinski definition) is 2. The van der Waals surface area contributed by atoms with E-state index in [1.165, 1.54) is 12.8 Å². The molecule has 0 bridgehead atoms. The number of nitrogens with two attached hydrogens (primary N) is 1. The average Bonchev–Trinajstić information content (AvgIpc) is 2.47. The number of nitrogens with one attached hydrogen (secondary N) is 1. The summed E-state index contributed by atoms with van der Waals surface area (Å²) < 4.78 is 0. The van der Waals surface area contributed by atoms with Crippen LogP contribution in [0.2, 0.25) is 5.02 Å². The first-order valence-corrected chi connectivity index (χ1v) is 8.04. The topological polar surface area (TPSA) is 58.4 Å². The molecule has 3 N–H and O–H groups in total. The first-order valence-electron chi connectivity index (χ1n) is 7.66. The van der Waals surface area contributed by atoms with Gasteiger partial charge in [-0.2, -0.15) is 0 Å². The van der Waals surface area contributed by atoms with Crippen LogP contribution in [-0.4, -0.2) is 32.1 Å². The van der Waals surface area contributed by atoms with Crippen molar-refractivity contribution in [3.05, 3.63) is 28.8 Å². The van der Waals surface area contributed by atoms with Crippen molar-refractivity contribution in [2.75, 3.05) is 31.1 Å². The van der Waals surface area contributed by atoms with Gasteiger partial charge < -0.3 is 16.0 Å². The molecule has 1 aromatic carbocycles. The van der Waals surface area contributed by atoms with Gasteiger partial charge in [-0.15, -0.1) is 0 Å². The van der Waals surface area contributed by atoms with E-state index < -0.39 is 5.91 Å². The number of hydrogen-bond acceptors (Lipinski definition) is 3. The third kappa shape index (κ3) is 4.35. The molecule has 1 amide bonds. The van der Waals surface area contributed by atoms with E-state index in [4.69, 9.17) is 17.3 Å². The number of piperidine rings is 1. The Balaban J connectivity index is 2.13. The zero-order valence-corrected chi connectivity index (χ0v) is 13.3. The van der Waals surface area contributed by atoms with Gasteiger partial charge in [0.15, 0.2) is 0 Å². The molecule has 5 heteroatoms. The Morgan fingerprint density at radius 2 is 2.33 bits per heavy atom. The predicted molar refractivity (Wildman–Crippen MR) is 88.1 cm³/mol. The Morgan fingerprint density at radius 1 is 1.52 bits per heavy atom. The summed E-state index contributed by atoms with van der Waals surface area (Å²) >= 11 is 6.17. The Kier molecular flexibility index (Phi) is 5.88. The molecule has 0 aliphatic carbocycles. The van der Waals surface area contributed by atoms with Crippen LogP contribution < -0.4 is 16.0 Å². The summed E-state index contributed by atoms with van der Waals surface area (Å²) in [5.41, 5.74) is 6.76. The second kappa shape index (κ2) is 7.66. The molecular weight excluding hydrogens is 286 g/mol. The monoisotopic (exact) mass is 309 g/mol. The van der Waals surface area contributed by atoms with Gasteiger partial charge in [0, 0.05) is 18.8 Å². The lowest BCUT2D eigenvalue weighted by Gasteiger charge is -2.31. The molecule has 1 unspecified atom stereocenters. The molecule has 4 nitrogen and oxygen atoms in total. The van der Waals surface area contributed by atoms with Crippen molar-refractivity contribution in [3.8, 4) is 0 Å². The van der Waals surface area contributed by atoms with E-state index in [9.17, 15) is 4.79 Å². The van der Waals surface area contributed by atoms with Crippen molar-refractivity contribution in [3.63, 3.8) is 0 Å². The zero-order chi connectivity index (χ0) is 15.2. The Labute approximate surface area is 131 Å². The van der Waals surface area contributed by atoms with Crippen LogP contribution >= 0.6 is 11.6 Å². The van der Waals surface area contributed by atoms with Gasteiger partial charge in [-0.05, 0) is 56.5 Å². The molecule has 0 aromatic heterocycles. The molecule has 116 valence electrons. The predicted octanol–water partition coefficient (Wildman–Crippen LogP) is 2.65. The number of nitrogens with zero attached hydrogens (tertiary/aromatic N) is 1. The minimum atomic E-state index is -0.481. The third-order valence-corrected chi connectivity index (χ3v) is 4.27. The molecule has 1 atom stereocenters. The van der Waals surface area contributed by atoms with Crippen LogP contribution in [0.25, 0.3) is 0 Å². The van der Waals surface area contributed by atoms with Crippen LogP contribution in [0.3, 0.4) is 0 Å². The number of amides is 1. The van der Waals surface area contributed by atoms with E-state index in [1.54, 1.807) is 6.07 Å². The number of anilines is 1. The molecule has 1 aliphatic rings. The van der Waals surface area contributed by atoms with Crippen molar-refractivity contribution in [2.24, 2.45) is 11.7 Å². The summed E-state index contributed by atoms with van der Waals surface area (Å²) in [6.45, 7) is 6.39. The summed E-state index contributed by atoms with van der Waals surface area (Å²) in [5, 5.41) is 3.89. The summed E-state index contributed by atoms with van der Waals surface area (Å²) in [7, 11) is 0. The van der Waals surface area contributed by atoms with E-state index >= 15 is 0 Å². The lowest BCUT2D eigenvalue weighted by molar-refractivity contribution is 0.100. The van der Waals surface area contributed by atoms with Gasteiger partial charge in [-0.3, -0.25) is 4.79 Å². The molecule has 1 aromatic rings. The van der Waals surface area contributed by atoms with Gasteiger partial charge in [0.1, 0.15) is 0 Å². The number of halogens is 1. The molecule has 2 rings (SSSR count). The van der Waals surface area contributed by atoms with E-state index in [1.807, 2.05) is 12.1 Å². The quantitative estimate of drug-likeness (QED) is 0.849. The molecule has 1 heterocycles. The van der Waals surface area contributed by atoms with Gasteiger partial charge in [-0.25, -0.2) is 0 Å². The van der Waals surface area contributed by atoms with Gasteiger partial charge in [0.2, 0.25) is 5.91 Å². The maximum atomic E-state index is 11.3. The lowest BCUT2D eigenvalue weighted by Crippen LogP contribution is -2.38. The SMILES string of the molecule is CCCN(CC1CCCNC1)c1ccc(C(N)=O)c(Cl)c1. The van der Waals surface area contributed by atoms with Crippen LogP contribution in [0.15, 0.2) is 18.2 Å². The second-order valence-electron chi connectivity index (χ2n) is 5.69. The lowest BCUT2D eigenvalue weighted by atomic mass is 9.98. The van der Waals surface area contributed by atoms with Crippen LogP contribution in [0.5, 0.6) is 0 Å². The fourth-order valence-corrected chi connectivity index (χ4v) is 3.16. The van der Waals surface area contributed by atoms with Crippen LogP contribution in [0.4, 0.5) is 5.69 Å². The minimum absolute atomic E-state index is 0.385. The third-order valence-electron chi connectivity index (χ3n) is 3.95. The van der Waals surface area contributed by atoms with Crippen LogP contribution in [0.1, 0.15) is 36.5 Å². The molecule has 21 heavy (non-hydrogen) atoms. The normalized spacial score (nSPS) is 18.5. The number of benzene rings is 1. The Morgan fingerprint density at radius 3 is 2.90 bits per heavy atom. The maximum absolute atomic E-state index is 11.3. The fourth-order valence-electron chi connectivity index (χ4n) is 2.89. The fraction of sp³-hybridized carbons (Fsp3) is 0.562. The largest absolute Gasteiger partial charge is 0.371 e. The average molecular weight is 310 g/mol. The van der Waals surface area contributed by atoms with Crippen molar-refractivity contribution in [1.29, 1.82) is 0 Å². The first-order chi connectivity index (χ1) is 10.1. The summed E-state index contributed by atoms with van der Waals surface area (Å²) in [4.78, 5) is 13.6. The molecule has 0 radical (unpaired) electrons. The molecule has 0 spiro atoms. The van der Waals surface area contributed by atoms with Crippen molar-refractivity contribution >= 4 is 23.2 Å².